The molecule has 0 bridgehead atoms. The number of sulfonamides is 1. The standard InChI is InChI=1S/C23H31NO7S/c1-32(29,30)24-23(28)12-8-3-2-7-11-19-20(22(27)15-21(19)26)14-13-17(25)16-31-18-9-5-4-6-10-18/h2,4-7,9-10,13-14,17,19-20,22,25,27H,3,8,11-12,15-16H2,1H3,(H,24,28)/b7-2-,14-13+/t17?,19-,20-,22?/m1/s1. The van der Waals surface area contributed by atoms with Gasteiger partial charge in [0.25, 0.3) is 0 Å². The molecule has 1 aromatic rings. The molecular formula is C23H31NO7S. The van der Waals surface area contributed by atoms with Gasteiger partial charge in [-0.1, -0.05) is 42.5 Å². The highest BCUT2D eigenvalue weighted by atomic mass is 32.2. The van der Waals surface area contributed by atoms with Crippen LogP contribution in [-0.4, -0.2) is 55.4 Å². The molecule has 1 aliphatic carbocycles. The van der Waals surface area contributed by atoms with Crippen molar-refractivity contribution in [1.82, 2.24) is 4.72 Å². The lowest BCUT2D eigenvalue weighted by atomic mass is 9.90. The SMILES string of the molecule is CS(=O)(=O)NC(=O)CCC/C=C\C[C@H]1C(=O)CC(O)[C@@H]1/C=C/C(O)COc1ccccc1. The molecule has 1 fully saturated rings. The first-order valence-electron chi connectivity index (χ1n) is 10.6. The number of amides is 1. The van der Waals surface area contributed by atoms with Crippen LogP contribution in [0.15, 0.2) is 54.6 Å². The van der Waals surface area contributed by atoms with Crippen molar-refractivity contribution in [2.45, 2.75) is 44.3 Å². The number of hydrogen-bond acceptors (Lipinski definition) is 7. The van der Waals surface area contributed by atoms with Crippen LogP contribution in [0.3, 0.4) is 0 Å². The first-order chi connectivity index (χ1) is 15.2. The van der Waals surface area contributed by atoms with Gasteiger partial charge in [0.05, 0.1) is 12.4 Å². The molecule has 0 heterocycles. The van der Waals surface area contributed by atoms with Crippen LogP contribution in [0.2, 0.25) is 0 Å². The number of Topliss-reactive ketones (excluding diaryl/α,β-unsaturated/α-hetero) is 1. The number of aliphatic hydroxyl groups is 2. The second-order valence-corrected chi connectivity index (χ2v) is 9.64. The minimum atomic E-state index is -3.54. The Morgan fingerprint density at radius 1 is 1.28 bits per heavy atom. The number of allylic oxidation sites excluding steroid dienone is 2. The lowest BCUT2D eigenvalue weighted by Gasteiger charge is -2.17. The Hall–Kier alpha value is -2.49. The van der Waals surface area contributed by atoms with Crippen molar-refractivity contribution in [1.29, 1.82) is 0 Å². The van der Waals surface area contributed by atoms with E-state index in [0.717, 1.165) is 6.26 Å². The van der Waals surface area contributed by atoms with Gasteiger partial charge in [-0.25, -0.2) is 8.42 Å². The van der Waals surface area contributed by atoms with E-state index in [2.05, 4.69) is 0 Å². The van der Waals surface area contributed by atoms with Crippen LogP contribution >= 0.6 is 0 Å². The van der Waals surface area contributed by atoms with E-state index in [4.69, 9.17) is 4.74 Å². The topological polar surface area (TPSA) is 130 Å². The third-order valence-corrected chi connectivity index (χ3v) is 5.68. The molecule has 3 N–H and O–H groups in total. The molecule has 1 aromatic carbocycles. The average molecular weight is 466 g/mol. The summed E-state index contributed by atoms with van der Waals surface area (Å²) in [4.78, 5) is 23.7. The maximum Gasteiger partial charge on any atom is 0.233 e. The molecule has 2 rings (SSSR count). The molecule has 0 saturated heterocycles. The molecule has 1 saturated carbocycles. The summed E-state index contributed by atoms with van der Waals surface area (Å²) in [5.41, 5.74) is 0. The van der Waals surface area contributed by atoms with Gasteiger partial charge in [-0.05, 0) is 31.4 Å². The van der Waals surface area contributed by atoms with Crippen LogP contribution < -0.4 is 9.46 Å². The number of aliphatic hydroxyl groups excluding tert-OH is 2. The normalized spacial score (nSPS) is 22.5. The molecule has 0 aromatic heterocycles. The summed E-state index contributed by atoms with van der Waals surface area (Å²) < 4.78 is 29.4. The predicted octanol–water partition coefficient (Wildman–Crippen LogP) is 1.74. The third kappa shape index (κ3) is 9.33. The van der Waals surface area contributed by atoms with E-state index in [1.807, 2.05) is 35.1 Å². The van der Waals surface area contributed by atoms with Gasteiger partial charge in [-0.2, -0.15) is 0 Å². The molecular weight excluding hydrogens is 434 g/mol. The summed E-state index contributed by atoms with van der Waals surface area (Å²) in [6.07, 6.45) is 7.84. The van der Waals surface area contributed by atoms with Gasteiger partial charge in [0.15, 0.2) is 0 Å². The second kappa shape index (κ2) is 12.5. The largest absolute Gasteiger partial charge is 0.491 e. The summed E-state index contributed by atoms with van der Waals surface area (Å²) in [6.45, 7) is 0.0642. The Morgan fingerprint density at radius 2 is 2.00 bits per heavy atom. The number of unbranched alkanes of at least 4 members (excludes halogenated alkanes) is 1. The number of para-hydroxylation sites is 1. The van der Waals surface area contributed by atoms with Gasteiger partial charge in [0.1, 0.15) is 24.2 Å². The number of hydrogen-bond donors (Lipinski definition) is 3. The van der Waals surface area contributed by atoms with Crippen molar-refractivity contribution in [3.05, 3.63) is 54.6 Å². The smallest absolute Gasteiger partial charge is 0.233 e. The van der Waals surface area contributed by atoms with E-state index in [-0.39, 0.29) is 37.1 Å². The molecule has 0 spiro atoms. The second-order valence-electron chi connectivity index (χ2n) is 7.89. The molecule has 1 aliphatic rings. The molecule has 0 aliphatic heterocycles. The quantitative estimate of drug-likeness (QED) is 0.317. The highest BCUT2D eigenvalue weighted by Crippen LogP contribution is 2.33. The van der Waals surface area contributed by atoms with E-state index in [9.17, 15) is 28.2 Å². The first-order valence-corrected chi connectivity index (χ1v) is 12.5. The summed E-state index contributed by atoms with van der Waals surface area (Å²) in [7, 11) is -3.54. The van der Waals surface area contributed by atoms with Gasteiger partial charge in [0.2, 0.25) is 15.9 Å². The van der Waals surface area contributed by atoms with Gasteiger partial charge in [0, 0.05) is 24.7 Å². The van der Waals surface area contributed by atoms with E-state index < -0.39 is 28.1 Å². The monoisotopic (exact) mass is 465 g/mol. The van der Waals surface area contributed by atoms with Crippen LogP contribution in [0.4, 0.5) is 0 Å². The highest BCUT2D eigenvalue weighted by molar-refractivity contribution is 7.89. The fourth-order valence-corrected chi connectivity index (χ4v) is 4.05. The fourth-order valence-electron chi connectivity index (χ4n) is 3.54. The maximum absolute atomic E-state index is 12.3. The number of carbonyl (C=O) groups excluding carboxylic acids is 2. The zero-order chi connectivity index (χ0) is 23.6. The number of carbonyl (C=O) groups is 2. The Kier molecular flexibility index (Phi) is 10.1. The Balaban J connectivity index is 1.78. The maximum atomic E-state index is 12.3. The predicted molar refractivity (Wildman–Crippen MR) is 120 cm³/mol. The summed E-state index contributed by atoms with van der Waals surface area (Å²) in [5, 5.41) is 20.4. The Morgan fingerprint density at radius 3 is 2.69 bits per heavy atom. The van der Waals surface area contributed by atoms with E-state index in [0.29, 0.717) is 25.0 Å². The number of ketones is 1. The molecule has 8 nitrogen and oxygen atoms in total. The first kappa shape index (κ1) is 25.8. The summed E-state index contributed by atoms with van der Waals surface area (Å²) >= 11 is 0. The Bertz CT molecular complexity index is 912. The third-order valence-electron chi connectivity index (χ3n) is 5.08. The van der Waals surface area contributed by atoms with Crippen LogP contribution in [0, 0.1) is 11.8 Å². The number of nitrogens with one attached hydrogen (secondary N) is 1. The van der Waals surface area contributed by atoms with Gasteiger partial charge >= 0.3 is 0 Å². The minimum Gasteiger partial charge on any atom is -0.491 e. The average Bonchev–Trinajstić information content (AvgIpc) is 2.99. The Labute approximate surface area is 189 Å². The summed E-state index contributed by atoms with van der Waals surface area (Å²) in [6, 6.07) is 9.11. The van der Waals surface area contributed by atoms with Gasteiger partial charge in [-0.3, -0.25) is 14.3 Å². The fraction of sp³-hybridized carbons (Fsp3) is 0.478. The van der Waals surface area contributed by atoms with E-state index in [1.165, 1.54) is 0 Å². The van der Waals surface area contributed by atoms with Crippen molar-refractivity contribution < 1.29 is 33.0 Å². The van der Waals surface area contributed by atoms with Crippen LogP contribution in [0.25, 0.3) is 0 Å². The van der Waals surface area contributed by atoms with Gasteiger partial charge in [-0.15, -0.1) is 0 Å². The van der Waals surface area contributed by atoms with E-state index >= 15 is 0 Å². The zero-order valence-electron chi connectivity index (χ0n) is 18.1. The molecule has 176 valence electrons. The molecule has 4 atom stereocenters. The molecule has 9 heteroatoms. The molecule has 2 unspecified atom stereocenters. The van der Waals surface area contributed by atoms with Crippen molar-refractivity contribution in [3.63, 3.8) is 0 Å². The van der Waals surface area contributed by atoms with Crippen molar-refractivity contribution in [3.8, 4) is 5.75 Å². The van der Waals surface area contributed by atoms with Crippen LogP contribution in [0.1, 0.15) is 32.1 Å². The number of benzene rings is 1. The summed E-state index contributed by atoms with van der Waals surface area (Å²) in [5.74, 6) is -0.700. The minimum absolute atomic E-state index is 0.0284. The van der Waals surface area contributed by atoms with Crippen LogP contribution in [0.5, 0.6) is 5.75 Å². The molecule has 1 amide bonds. The molecule has 0 radical (unpaired) electrons. The van der Waals surface area contributed by atoms with Crippen LogP contribution in [-0.2, 0) is 19.6 Å². The van der Waals surface area contributed by atoms with E-state index in [1.54, 1.807) is 24.3 Å². The van der Waals surface area contributed by atoms with Crippen molar-refractivity contribution >= 4 is 21.7 Å². The lowest BCUT2D eigenvalue weighted by Crippen LogP contribution is -2.28. The number of rotatable bonds is 12. The highest BCUT2D eigenvalue weighted by Gasteiger charge is 2.39. The van der Waals surface area contributed by atoms with Crippen molar-refractivity contribution in [2.75, 3.05) is 12.9 Å². The lowest BCUT2D eigenvalue weighted by molar-refractivity contribution is -0.121. The van der Waals surface area contributed by atoms with Gasteiger partial charge < -0.3 is 14.9 Å². The van der Waals surface area contributed by atoms with Crippen molar-refractivity contribution in [2.24, 2.45) is 11.8 Å². The molecule has 32 heavy (non-hydrogen) atoms. The number of ether oxygens (including phenoxy) is 1. The zero-order valence-corrected chi connectivity index (χ0v) is 18.9.